The van der Waals surface area contributed by atoms with Crippen molar-refractivity contribution in [2.45, 2.75) is 38.1 Å². The third-order valence-corrected chi connectivity index (χ3v) is 7.16. The summed E-state index contributed by atoms with van der Waals surface area (Å²) in [7, 11) is 3.54. The molecule has 37 heavy (non-hydrogen) atoms. The average molecular weight is 575 g/mol. The fraction of sp³-hybridized carbons (Fsp3) is 0.423. The van der Waals surface area contributed by atoms with E-state index in [4.69, 9.17) is 0 Å². The van der Waals surface area contributed by atoms with Crippen LogP contribution in [-0.2, 0) is 22.7 Å². The summed E-state index contributed by atoms with van der Waals surface area (Å²) in [6.07, 6.45) is 0.552. The number of likely N-dealkylation sites (N-methyl/N-ethyl adjacent to an activating group) is 1. The molecule has 0 saturated carbocycles. The molecule has 0 aliphatic carbocycles. The molecular weight excluding hydrogens is 543 g/mol. The highest BCUT2D eigenvalue weighted by Gasteiger charge is 2.50. The zero-order chi connectivity index (χ0) is 26.5. The Hall–Kier alpha value is -3.02. The van der Waals surface area contributed by atoms with Gasteiger partial charge in [0.25, 0.3) is 0 Å². The average Bonchev–Trinajstić information content (AvgIpc) is 2.86. The summed E-state index contributed by atoms with van der Waals surface area (Å²) in [6.45, 7) is 1.46. The van der Waals surface area contributed by atoms with Crippen molar-refractivity contribution in [1.82, 2.24) is 30.5 Å². The number of hydrazine groups is 1. The van der Waals surface area contributed by atoms with Crippen LogP contribution in [-0.4, -0.2) is 83.6 Å². The minimum Gasteiger partial charge on any atom is -0.333 e. The Morgan fingerprint density at radius 1 is 1.14 bits per heavy atom. The van der Waals surface area contributed by atoms with Crippen LogP contribution < -0.4 is 10.6 Å². The number of nitrogens with zero attached hydrogens (tertiary/aromatic N) is 4. The van der Waals surface area contributed by atoms with E-state index in [1.54, 1.807) is 34.0 Å². The second kappa shape index (κ2) is 12.0. The standard InChI is InChI=1S/C26H32BrFN6O3/c1-29-12-4-7-22-25(36)32(15-19-5-3-6-20(27)13-19)16-23-33(22)24(35)17-31(2)34(23)26(37)30-14-18-8-10-21(28)11-9-18/h3,5-6,8-11,13,22-23,29H,4,7,12,14-17H2,1-2H3,(H,30,37)/t22-,23?/m0/s1. The Balaban J connectivity index is 1.59. The van der Waals surface area contributed by atoms with Gasteiger partial charge < -0.3 is 20.4 Å². The lowest BCUT2D eigenvalue weighted by atomic mass is 10.0. The van der Waals surface area contributed by atoms with Gasteiger partial charge in [-0.15, -0.1) is 0 Å². The highest BCUT2D eigenvalue weighted by Crippen LogP contribution is 2.29. The first-order chi connectivity index (χ1) is 17.8. The van der Waals surface area contributed by atoms with Gasteiger partial charge in [0, 0.05) is 24.6 Å². The smallest absolute Gasteiger partial charge is 0.333 e. The number of urea groups is 1. The molecule has 198 valence electrons. The molecule has 2 aliphatic rings. The number of hydrogen-bond acceptors (Lipinski definition) is 5. The van der Waals surface area contributed by atoms with E-state index in [1.165, 1.54) is 17.1 Å². The zero-order valence-corrected chi connectivity index (χ0v) is 22.6. The molecule has 9 nitrogen and oxygen atoms in total. The third-order valence-electron chi connectivity index (χ3n) is 6.67. The molecule has 2 aromatic rings. The van der Waals surface area contributed by atoms with Crippen LogP contribution in [0.1, 0.15) is 24.0 Å². The van der Waals surface area contributed by atoms with E-state index in [0.717, 1.165) is 15.6 Å². The maximum atomic E-state index is 13.6. The Morgan fingerprint density at radius 2 is 1.89 bits per heavy atom. The minimum absolute atomic E-state index is 0.0120. The van der Waals surface area contributed by atoms with Gasteiger partial charge in [-0.3, -0.25) is 9.59 Å². The molecule has 4 rings (SSSR count). The molecular formula is C26H32BrFN6O3. The number of piperazine rings is 1. The van der Waals surface area contributed by atoms with Crippen LogP contribution in [0.15, 0.2) is 53.0 Å². The molecule has 2 N–H and O–H groups in total. The van der Waals surface area contributed by atoms with E-state index in [-0.39, 0.29) is 43.3 Å². The molecule has 0 radical (unpaired) electrons. The van der Waals surface area contributed by atoms with Crippen LogP contribution >= 0.6 is 15.9 Å². The number of carbonyl (C=O) groups excluding carboxylic acids is 3. The van der Waals surface area contributed by atoms with Gasteiger partial charge in [0.05, 0.1) is 13.1 Å². The van der Waals surface area contributed by atoms with Gasteiger partial charge in [-0.2, -0.15) is 0 Å². The number of nitrogens with one attached hydrogen (secondary N) is 2. The fourth-order valence-corrected chi connectivity index (χ4v) is 5.36. The number of carbonyl (C=O) groups is 3. The number of rotatable bonds is 8. The molecule has 2 aliphatic heterocycles. The van der Waals surface area contributed by atoms with Crippen molar-refractivity contribution in [2.24, 2.45) is 0 Å². The number of benzene rings is 2. The SMILES string of the molecule is CNCCC[C@H]1C(=O)N(Cc2cccc(Br)c2)CC2N1C(=O)CN(C)N2C(=O)NCc1ccc(F)cc1. The van der Waals surface area contributed by atoms with Gasteiger partial charge in [-0.1, -0.05) is 40.2 Å². The monoisotopic (exact) mass is 574 g/mol. The van der Waals surface area contributed by atoms with Crippen molar-refractivity contribution in [1.29, 1.82) is 0 Å². The molecule has 0 bridgehead atoms. The van der Waals surface area contributed by atoms with Crippen molar-refractivity contribution >= 4 is 33.8 Å². The molecule has 1 unspecified atom stereocenters. The summed E-state index contributed by atoms with van der Waals surface area (Å²) >= 11 is 3.48. The first kappa shape index (κ1) is 27.0. The Morgan fingerprint density at radius 3 is 2.59 bits per heavy atom. The van der Waals surface area contributed by atoms with E-state index >= 15 is 0 Å². The minimum atomic E-state index is -0.659. The molecule has 4 amide bonds. The van der Waals surface area contributed by atoms with Crippen LogP contribution in [0.2, 0.25) is 0 Å². The van der Waals surface area contributed by atoms with E-state index in [0.29, 0.717) is 25.9 Å². The van der Waals surface area contributed by atoms with Crippen LogP contribution in [0, 0.1) is 5.82 Å². The number of fused-ring (bicyclic) bond motifs is 1. The van der Waals surface area contributed by atoms with Crippen molar-refractivity contribution in [2.75, 3.05) is 33.7 Å². The van der Waals surface area contributed by atoms with Crippen LogP contribution in [0.3, 0.4) is 0 Å². The van der Waals surface area contributed by atoms with Gasteiger partial charge in [0.2, 0.25) is 11.8 Å². The lowest BCUT2D eigenvalue weighted by Crippen LogP contribution is -2.75. The van der Waals surface area contributed by atoms with Crippen LogP contribution in [0.4, 0.5) is 9.18 Å². The first-order valence-electron chi connectivity index (χ1n) is 12.3. The van der Waals surface area contributed by atoms with Crippen LogP contribution in [0.25, 0.3) is 0 Å². The Labute approximate surface area is 224 Å². The topological polar surface area (TPSA) is 88.2 Å². The van der Waals surface area contributed by atoms with Crippen molar-refractivity contribution < 1.29 is 18.8 Å². The van der Waals surface area contributed by atoms with E-state index in [9.17, 15) is 18.8 Å². The van der Waals surface area contributed by atoms with E-state index in [1.807, 2.05) is 31.3 Å². The summed E-state index contributed by atoms with van der Waals surface area (Å²) in [4.78, 5) is 43.6. The zero-order valence-electron chi connectivity index (χ0n) is 21.0. The van der Waals surface area contributed by atoms with Crippen molar-refractivity contribution in [3.8, 4) is 0 Å². The predicted molar refractivity (Wildman–Crippen MR) is 140 cm³/mol. The number of halogens is 2. The maximum Gasteiger partial charge on any atom is 0.334 e. The summed E-state index contributed by atoms with van der Waals surface area (Å²) < 4.78 is 14.2. The molecule has 2 fully saturated rings. The lowest BCUT2D eigenvalue weighted by Gasteiger charge is -2.54. The van der Waals surface area contributed by atoms with Gasteiger partial charge in [0.15, 0.2) is 0 Å². The quantitative estimate of drug-likeness (QED) is 0.473. The second-order valence-corrected chi connectivity index (χ2v) is 10.3. The third kappa shape index (κ3) is 6.28. The highest BCUT2D eigenvalue weighted by atomic mass is 79.9. The summed E-state index contributed by atoms with van der Waals surface area (Å²) in [5.41, 5.74) is 1.70. The number of hydrogen-bond donors (Lipinski definition) is 2. The lowest BCUT2D eigenvalue weighted by molar-refractivity contribution is -0.188. The predicted octanol–water partition coefficient (Wildman–Crippen LogP) is 2.53. The first-order valence-corrected chi connectivity index (χ1v) is 13.1. The molecule has 0 aromatic heterocycles. The molecule has 2 aromatic carbocycles. The van der Waals surface area contributed by atoms with Gasteiger partial charge in [-0.25, -0.2) is 19.2 Å². The maximum absolute atomic E-state index is 13.6. The summed E-state index contributed by atoms with van der Waals surface area (Å²) in [6, 6.07) is 12.6. The Bertz CT molecular complexity index is 1130. The second-order valence-electron chi connectivity index (χ2n) is 9.34. The van der Waals surface area contributed by atoms with Gasteiger partial charge in [0.1, 0.15) is 18.0 Å². The fourth-order valence-electron chi connectivity index (χ4n) is 4.91. The largest absolute Gasteiger partial charge is 0.334 e. The summed E-state index contributed by atoms with van der Waals surface area (Å²) in [5, 5.41) is 9.10. The molecule has 2 heterocycles. The molecule has 2 saturated heterocycles. The van der Waals surface area contributed by atoms with Gasteiger partial charge in [-0.05, 0) is 61.8 Å². The highest BCUT2D eigenvalue weighted by molar-refractivity contribution is 9.10. The molecule has 0 spiro atoms. The van der Waals surface area contributed by atoms with Gasteiger partial charge >= 0.3 is 6.03 Å². The van der Waals surface area contributed by atoms with E-state index < -0.39 is 12.2 Å². The Kier molecular flexibility index (Phi) is 8.78. The normalized spacial score (nSPS) is 20.3. The van der Waals surface area contributed by atoms with Crippen LogP contribution in [0.5, 0.6) is 0 Å². The van der Waals surface area contributed by atoms with E-state index in [2.05, 4.69) is 26.6 Å². The molecule has 2 atom stereocenters. The number of amides is 4. The summed E-state index contributed by atoms with van der Waals surface area (Å²) in [5.74, 6) is -0.640. The van der Waals surface area contributed by atoms with Crippen molar-refractivity contribution in [3.05, 3.63) is 69.9 Å². The van der Waals surface area contributed by atoms with Crippen molar-refractivity contribution in [3.63, 3.8) is 0 Å². The molecule has 11 heteroatoms.